The molecule has 5 heteroatoms. The number of benzene rings is 2. The van der Waals surface area contributed by atoms with Gasteiger partial charge in [-0.05, 0) is 11.1 Å². The molecule has 0 radical (unpaired) electrons. The maximum Gasteiger partial charge on any atom is 0.234 e. The summed E-state index contributed by atoms with van der Waals surface area (Å²) in [5.41, 5.74) is 2.14. The van der Waals surface area contributed by atoms with E-state index in [0.717, 1.165) is 11.1 Å². The summed E-state index contributed by atoms with van der Waals surface area (Å²) in [6, 6.07) is 19.8. The zero-order valence-corrected chi connectivity index (χ0v) is 14.0. The molecular weight excluding hydrogens is 312 g/mol. The Morgan fingerprint density at radius 2 is 1.52 bits per heavy atom. The number of rotatable bonds is 8. The van der Waals surface area contributed by atoms with Gasteiger partial charge in [0, 0.05) is 13.7 Å². The van der Waals surface area contributed by atoms with Crippen LogP contribution in [0.1, 0.15) is 17.2 Å². The fraction of sp³-hybridized carbons (Fsp3) is 0.278. The summed E-state index contributed by atoms with van der Waals surface area (Å²) in [5, 5.41) is 6.14. The van der Waals surface area contributed by atoms with Gasteiger partial charge in [-0.25, -0.2) is 0 Å². The highest BCUT2D eigenvalue weighted by Crippen LogP contribution is 2.21. The molecule has 2 aromatic rings. The van der Waals surface area contributed by atoms with Crippen LogP contribution in [-0.2, 0) is 9.53 Å². The lowest BCUT2D eigenvalue weighted by molar-refractivity contribution is -0.120. The number of hydrogen-bond acceptors (Lipinski definition) is 3. The average Bonchev–Trinajstić information content (AvgIpc) is 2.58. The number of carbonyl (C=O) groups is 1. The first-order valence-electron chi connectivity index (χ1n) is 7.40. The Kier molecular flexibility index (Phi) is 8.98. The normalized spacial score (nSPS) is 10.2. The second-order valence-electron chi connectivity index (χ2n) is 4.99. The molecule has 0 aliphatic carbocycles. The molecule has 23 heavy (non-hydrogen) atoms. The molecule has 0 unspecified atom stereocenters. The molecule has 2 rings (SSSR count). The van der Waals surface area contributed by atoms with Crippen molar-refractivity contribution in [2.75, 3.05) is 26.8 Å². The van der Waals surface area contributed by atoms with Crippen molar-refractivity contribution in [3.8, 4) is 0 Å². The van der Waals surface area contributed by atoms with Gasteiger partial charge >= 0.3 is 0 Å². The van der Waals surface area contributed by atoms with Crippen LogP contribution in [0.3, 0.4) is 0 Å². The Bertz CT molecular complexity index is 524. The highest BCUT2D eigenvalue weighted by Gasteiger charge is 2.15. The summed E-state index contributed by atoms with van der Waals surface area (Å²) in [6.45, 7) is 1.53. The minimum Gasteiger partial charge on any atom is -0.383 e. The summed E-state index contributed by atoms with van der Waals surface area (Å²) >= 11 is 0. The van der Waals surface area contributed by atoms with Crippen molar-refractivity contribution in [1.29, 1.82) is 0 Å². The van der Waals surface area contributed by atoms with Gasteiger partial charge in [0.2, 0.25) is 5.91 Å². The lowest BCUT2D eigenvalue weighted by atomic mass is 9.99. The third-order valence-corrected chi connectivity index (χ3v) is 3.34. The fourth-order valence-electron chi connectivity index (χ4n) is 2.24. The number of halogens is 1. The molecule has 0 bridgehead atoms. The van der Waals surface area contributed by atoms with Gasteiger partial charge in [0.15, 0.2) is 0 Å². The van der Waals surface area contributed by atoms with Gasteiger partial charge in [-0.15, -0.1) is 12.4 Å². The average molecular weight is 335 g/mol. The van der Waals surface area contributed by atoms with Crippen molar-refractivity contribution in [3.63, 3.8) is 0 Å². The van der Waals surface area contributed by atoms with Gasteiger partial charge in [-0.2, -0.15) is 0 Å². The summed E-state index contributed by atoms with van der Waals surface area (Å²) in [7, 11) is 1.64. The second kappa shape index (κ2) is 10.8. The summed E-state index contributed by atoms with van der Waals surface area (Å²) < 4.78 is 4.95. The quantitative estimate of drug-likeness (QED) is 0.729. The van der Waals surface area contributed by atoms with Crippen molar-refractivity contribution in [2.24, 2.45) is 0 Å². The molecule has 0 aromatic heterocycles. The molecule has 0 fully saturated rings. The third kappa shape index (κ3) is 6.40. The number of nitrogens with one attached hydrogen (secondary N) is 2. The van der Waals surface area contributed by atoms with E-state index in [-0.39, 0.29) is 30.9 Å². The number of amides is 1. The highest BCUT2D eigenvalue weighted by molar-refractivity contribution is 5.85. The molecule has 4 nitrogen and oxygen atoms in total. The monoisotopic (exact) mass is 334 g/mol. The first-order chi connectivity index (χ1) is 10.8. The predicted molar refractivity (Wildman–Crippen MR) is 94.9 cm³/mol. The number of ether oxygens (including phenoxy) is 1. The first kappa shape index (κ1) is 19.2. The lowest BCUT2D eigenvalue weighted by Crippen LogP contribution is -2.37. The van der Waals surface area contributed by atoms with Crippen LogP contribution in [0.5, 0.6) is 0 Å². The molecule has 0 heterocycles. The summed E-state index contributed by atoms with van der Waals surface area (Å²) in [6.07, 6.45) is 0. The third-order valence-electron chi connectivity index (χ3n) is 3.34. The zero-order valence-electron chi connectivity index (χ0n) is 13.2. The van der Waals surface area contributed by atoms with Gasteiger partial charge in [0.05, 0.1) is 19.2 Å². The maximum atomic E-state index is 12.1. The fourth-order valence-corrected chi connectivity index (χ4v) is 2.24. The van der Waals surface area contributed by atoms with Crippen molar-refractivity contribution < 1.29 is 9.53 Å². The van der Waals surface area contributed by atoms with Gasteiger partial charge < -0.3 is 15.4 Å². The van der Waals surface area contributed by atoms with E-state index in [0.29, 0.717) is 13.2 Å². The molecule has 1 amide bonds. The molecular formula is C18H23ClN2O2. The summed E-state index contributed by atoms with van der Waals surface area (Å²) in [5.74, 6) is -0.0335. The molecule has 0 saturated carbocycles. The lowest BCUT2D eigenvalue weighted by Gasteiger charge is -2.20. The second-order valence-corrected chi connectivity index (χ2v) is 4.99. The van der Waals surface area contributed by atoms with E-state index < -0.39 is 0 Å². The smallest absolute Gasteiger partial charge is 0.234 e. The Morgan fingerprint density at radius 1 is 1.00 bits per heavy atom. The SMILES string of the molecule is COCCNCC(=O)NC(c1ccccc1)c1ccccc1.Cl. The minimum absolute atomic E-state index is 0. The van der Waals surface area contributed by atoms with E-state index in [1.54, 1.807) is 7.11 Å². The number of methoxy groups -OCH3 is 1. The van der Waals surface area contributed by atoms with Crippen molar-refractivity contribution >= 4 is 18.3 Å². The van der Waals surface area contributed by atoms with Crippen LogP contribution < -0.4 is 10.6 Å². The highest BCUT2D eigenvalue weighted by atomic mass is 35.5. The van der Waals surface area contributed by atoms with Crippen LogP contribution in [0.4, 0.5) is 0 Å². The molecule has 0 aliphatic rings. The Morgan fingerprint density at radius 3 is 2.00 bits per heavy atom. The standard InChI is InChI=1S/C18H22N2O2.ClH/c1-22-13-12-19-14-17(21)20-18(15-8-4-2-5-9-15)16-10-6-3-7-11-16;/h2-11,18-19H,12-14H2,1H3,(H,20,21);1H. The number of hydrogen-bond donors (Lipinski definition) is 2. The van der Waals surface area contributed by atoms with Crippen LogP contribution in [0.15, 0.2) is 60.7 Å². The Labute approximate surface area is 143 Å². The molecule has 2 aromatic carbocycles. The van der Waals surface area contributed by atoms with E-state index >= 15 is 0 Å². The van der Waals surface area contributed by atoms with Crippen LogP contribution in [0.2, 0.25) is 0 Å². The van der Waals surface area contributed by atoms with Crippen molar-refractivity contribution in [2.45, 2.75) is 6.04 Å². The van der Waals surface area contributed by atoms with Gasteiger partial charge in [0.1, 0.15) is 0 Å². The molecule has 0 saturated heterocycles. The van der Waals surface area contributed by atoms with Crippen LogP contribution in [-0.4, -0.2) is 32.7 Å². The molecule has 0 aliphatic heterocycles. The van der Waals surface area contributed by atoms with E-state index in [4.69, 9.17) is 4.74 Å². The zero-order chi connectivity index (χ0) is 15.6. The van der Waals surface area contributed by atoms with Crippen LogP contribution >= 0.6 is 12.4 Å². The minimum atomic E-state index is -0.140. The van der Waals surface area contributed by atoms with Gasteiger partial charge in [0.25, 0.3) is 0 Å². The molecule has 2 N–H and O–H groups in total. The van der Waals surface area contributed by atoms with Crippen molar-refractivity contribution in [3.05, 3.63) is 71.8 Å². The topological polar surface area (TPSA) is 50.4 Å². The van der Waals surface area contributed by atoms with Gasteiger partial charge in [-0.3, -0.25) is 4.79 Å². The molecule has 0 spiro atoms. The summed E-state index contributed by atoms with van der Waals surface area (Å²) in [4.78, 5) is 12.1. The van der Waals surface area contributed by atoms with E-state index in [1.165, 1.54) is 0 Å². The Balaban J connectivity index is 0.00000264. The Hall–Kier alpha value is -1.88. The first-order valence-corrected chi connectivity index (χ1v) is 7.40. The maximum absolute atomic E-state index is 12.1. The number of carbonyl (C=O) groups excluding carboxylic acids is 1. The van der Waals surface area contributed by atoms with Crippen LogP contribution in [0, 0.1) is 0 Å². The van der Waals surface area contributed by atoms with Gasteiger partial charge in [-0.1, -0.05) is 60.7 Å². The predicted octanol–water partition coefficient (Wildman–Crippen LogP) is 2.55. The van der Waals surface area contributed by atoms with Crippen molar-refractivity contribution in [1.82, 2.24) is 10.6 Å². The van der Waals surface area contributed by atoms with E-state index in [2.05, 4.69) is 10.6 Å². The largest absolute Gasteiger partial charge is 0.383 e. The van der Waals surface area contributed by atoms with E-state index in [9.17, 15) is 4.79 Å². The van der Waals surface area contributed by atoms with Crippen LogP contribution in [0.25, 0.3) is 0 Å². The van der Waals surface area contributed by atoms with E-state index in [1.807, 2.05) is 60.7 Å². The molecule has 124 valence electrons. The molecule has 0 atom stereocenters.